The highest BCUT2D eigenvalue weighted by molar-refractivity contribution is 6.31. The zero-order chi connectivity index (χ0) is 15.1. The lowest BCUT2D eigenvalue weighted by Gasteiger charge is -2.08. The van der Waals surface area contributed by atoms with E-state index >= 15 is 0 Å². The second-order valence-electron chi connectivity index (χ2n) is 4.34. The molecule has 2 N–H and O–H groups in total. The number of rotatable bonds is 1. The van der Waals surface area contributed by atoms with E-state index in [1.807, 2.05) is 0 Å². The van der Waals surface area contributed by atoms with Crippen molar-refractivity contribution < 1.29 is 13.2 Å². The smallest absolute Gasteiger partial charge is 0.168 e. The molecule has 0 aliphatic carbocycles. The van der Waals surface area contributed by atoms with Crippen LogP contribution in [0.3, 0.4) is 0 Å². The first-order chi connectivity index (χ1) is 9.95. The molecule has 0 amide bonds. The molecule has 0 saturated heterocycles. The standard InChI is InChI=1S/C14H7ClF3N3/c15-6-1-2-11-8(3-6)13(19)21-14(20-11)12-9(17)4-7(16)5-10(12)18/h1-5H,(H2,19,20,21). The Morgan fingerprint density at radius 1 is 0.952 bits per heavy atom. The van der Waals surface area contributed by atoms with E-state index in [1.165, 1.54) is 0 Å². The molecule has 0 spiro atoms. The summed E-state index contributed by atoms with van der Waals surface area (Å²) < 4.78 is 40.5. The van der Waals surface area contributed by atoms with Crippen molar-refractivity contribution in [2.24, 2.45) is 0 Å². The van der Waals surface area contributed by atoms with E-state index in [1.54, 1.807) is 18.2 Å². The van der Waals surface area contributed by atoms with Gasteiger partial charge in [-0.3, -0.25) is 0 Å². The van der Waals surface area contributed by atoms with Crippen molar-refractivity contribution in [2.45, 2.75) is 0 Å². The first-order valence-corrected chi connectivity index (χ1v) is 6.21. The minimum atomic E-state index is -1.10. The highest BCUT2D eigenvalue weighted by Gasteiger charge is 2.17. The summed E-state index contributed by atoms with van der Waals surface area (Å²) in [6.07, 6.45) is 0. The molecule has 1 aromatic heterocycles. The Balaban J connectivity index is 2.29. The lowest BCUT2D eigenvalue weighted by molar-refractivity contribution is 0.547. The molecule has 0 radical (unpaired) electrons. The maximum atomic E-state index is 13.8. The van der Waals surface area contributed by atoms with E-state index in [4.69, 9.17) is 17.3 Å². The van der Waals surface area contributed by atoms with Crippen molar-refractivity contribution >= 4 is 28.3 Å². The van der Waals surface area contributed by atoms with Gasteiger partial charge in [0.05, 0.1) is 11.1 Å². The lowest BCUT2D eigenvalue weighted by Crippen LogP contribution is -2.01. The lowest BCUT2D eigenvalue weighted by atomic mass is 10.1. The highest BCUT2D eigenvalue weighted by atomic mass is 35.5. The fourth-order valence-corrected chi connectivity index (χ4v) is 2.16. The van der Waals surface area contributed by atoms with Gasteiger partial charge < -0.3 is 5.73 Å². The van der Waals surface area contributed by atoms with Gasteiger partial charge in [-0.2, -0.15) is 0 Å². The van der Waals surface area contributed by atoms with E-state index in [-0.39, 0.29) is 11.6 Å². The second-order valence-corrected chi connectivity index (χ2v) is 4.77. The minimum absolute atomic E-state index is 0.0284. The molecule has 2 aromatic carbocycles. The van der Waals surface area contributed by atoms with Crippen molar-refractivity contribution in [1.29, 1.82) is 0 Å². The molecule has 7 heteroatoms. The Labute approximate surface area is 122 Å². The quantitative estimate of drug-likeness (QED) is 0.740. The third-order valence-electron chi connectivity index (χ3n) is 2.92. The topological polar surface area (TPSA) is 51.8 Å². The maximum Gasteiger partial charge on any atom is 0.168 e. The van der Waals surface area contributed by atoms with Crippen LogP contribution in [-0.2, 0) is 0 Å². The molecular formula is C14H7ClF3N3. The van der Waals surface area contributed by atoms with Gasteiger partial charge in [-0.25, -0.2) is 23.1 Å². The summed E-state index contributed by atoms with van der Waals surface area (Å²) in [5, 5.41) is 0.902. The summed E-state index contributed by atoms with van der Waals surface area (Å²) in [6.45, 7) is 0. The van der Waals surface area contributed by atoms with Gasteiger partial charge in [-0.05, 0) is 18.2 Å². The third-order valence-corrected chi connectivity index (χ3v) is 3.15. The van der Waals surface area contributed by atoms with Gasteiger partial charge in [0.25, 0.3) is 0 Å². The van der Waals surface area contributed by atoms with Crippen molar-refractivity contribution in [1.82, 2.24) is 9.97 Å². The second kappa shape index (κ2) is 4.89. The molecule has 0 aliphatic heterocycles. The van der Waals surface area contributed by atoms with Gasteiger partial charge in [0.2, 0.25) is 0 Å². The first-order valence-electron chi connectivity index (χ1n) is 5.83. The average Bonchev–Trinajstić information content (AvgIpc) is 2.38. The van der Waals surface area contributed by atoms with Gasteiger partial charge >= 0.3 is 0 Å². The number of hydrogen-bond acceptors (Lipinski definition) is 3. The van der Waals surface area contributed by atoms with E-state index in [0.717, 1.165) is 0 Å². The first kappa shape index (κ1) is 13.6. The zero-order valence-electron chi connectivity index (χ0n) is 10.4. The summed E-state index contributed by atoms with van der Waals surface area (Å²) in [5.41, 5.74) is 5.62. The van der Waals surface area contributed by atoms with E-state index in [0.29, 0.717) is 28.1 Å². The highest BCUT2D eigenvalue weighted by Crippen LogP contribution is 2.28. The van der Waals surface area contributed by atoms with Gasteiger partial charge in [0, 0.05) is 22.5 Å². The number of aromatic nitrogens is 2. The van der Waals surface area contributed by atoms with Crippen LogP contribution in [0.1, 0.15) is 0 Å². The van der Waals surface area contributed by atoms with Gasteiger partial charge in [-0.1, -0.05) is 11.6 Å². The molecular weight excluding hydrogens is 303 g/mol. The summed E-state index contributed by atoms with van der Waals surface area (Å²) in [5.74, 6) is -3.44. The molecule has 0 saturated carbocycles. The molecule has 21 heavy (non-hydrogen) atoms. The molecule has 3 aromatic rings. The van der Waals surface area contributed by atoms with Crippen molar-refractivity contribution in [3.05, 3.63) is 52.8 Å². The maximum absolute atomic E-state index is 13.8. The number of anilines is 1. The molecule has 0 fully saturated rings. The third kappa shape index (κ3) is 2.38. The summed E-state index contributed by atoms with van der Waals surface area (Å²) in [4.78, 5) is 7.92. The summed E-state index contributed by atoms with van der Waals surface area (Å²) >= 11 is 5.84. The van der Waals surface area contributed by atoms with Gasteiger partial charge in [0.15, 0.2) is 5.82 Å². The average molecular weight is 310 g/mol. The number of fused-ring (bicyclic) bond motifs is 1. The Morgan fingerprint density at radius 3 is 2.29 bits per heavy atom. The molecule has 0 unspecified atom stereocenters. The number of halogens is 4. The predicted molar refractivity (Wildman–Crippen MR) is 74.3 cm³/mol. The molecule has 0 bridgehead atoms. The normalized spacial score (nSPS) is 11.0. The molecule has 3 rings (SSSR count). The van der Waals surface area contributed by atoms with Crippen LogP contribution >= 0.6 is 11.6 Å². The predicted octanol–water partition coefficient (Wildman–Crippen LogP) is 3.95. The van der Waals surface area contributed by atoms with Crippen LogP contribution in [0.4, 0.5) is 19.0 Å². The molecule has 3 nitrogen and oxygen atoms in total. The fourth-order valence-electron chi connectivity index (χ4n) is 1.99. The number of benzene rings is 2. The van der Waals surface area contributed by atoms with Crippen LogP contribution in [0.2, 0.25) is 5.02 Å². The van der Waals surface area contributed by atoms with E-state index < -0.39 is 23.0 Å². The number of hydrogen-bond donors (Lipinski definition) is 1. The van der Waals surface area contributed by atoms with Crippen molar-refractivity contribution in [3.63, 3.8) is 0 Å². The van der Waals surface area contributed by atoms with Crippen molar-refractivity contribution in [3.8, 4) is 11.4 Å². The SMILES string of the molecule is Nc1nc(-c2c(F)cc(F)cc2F)nc2ccc(Cl)cc12. The van der Waals surface area contributed by atoms with Crippen LogP contribution in [-0.4, -0.2) is 9.97 Å². The Kier molecular flexibility index (Phi) is 3.17. The molecule has 0 aliphatic rings. The number of nitrogens with zero attached hydrogens (tertiary/aromatic N) is 2. The van der Waals surface area contributed by atoms with Crippen LogP contribution in [0.15, 0.2) is 30.3 Å². The van der Waals surface area contributed by atoms with E-state index in [9.17, 15) is 13.2 Å². The molecule has 1 heterocycles. The van der Waals surface area contributed by atoms with Gasteiger partial charge in [0.1, 0.15) is 23.3 Å². The summed E-state index contributed by atoms with van der Waals surface area (Å²) in [7, 11) is 0. The van der Waals surface area contributed by atoms with Crippen molar-refractivity contribution in [2.75, 3.05) is 5.73 Å². The largest absolute Gasteiger partial charge is 0.383 e. The molecule has 106 valence electrons. The minimum Gasteiger partial charge on any atom is -0.383 e. The van der Waals surface area contributed by atoms with E-state index in [2.05, 4.69) is 9.97 Å². The monoisotopic (exact) mass is 309 g/mol. The number of nitrogens with two attached hydrogens (primary N) is 1. The van der Waals surface area contributed by atoms with Crippen LogP contribution in [0.25, 0.3) is 22.3 Å². The molecule has 0 atom stereocenters. The van der Waals surface area contributed by atoms with Gasteiger partial charge in [-0.15, -0.1) is 0 Å². The van der Waals surface area contributed by atoms with Crippen LogP contribution in [0, 0.1) is 17.5 Å². The summed E-state index contributed by atoms with van der Waals surface area (Å²) in [6, 6.07) is 5.79. The Bertz CT molecular complexity index is 844. The Morgan fingerprint density at radius 2 is 1.62 bits per heavy atom. The number of nitrogen functional groups attached to an aromatic ring is 1. The van der Waals surface area contributed by atoms with Crippen LogP contribution < -0.4 is 5.73 Å². The van der Waals surface area contributed by atoms with Crippen LogP contribution in [0.5, 0.6) is 0 Å². The fraction of sp³-hybridized carbons (Fsp3) is 0. The Hall–Kier alpha value is -2.34. The zero-order valence-corrected chi connectivity index (χ0v) is 11.1.